The molecule has 0 spiro atoms. The van der Waals surface area contributed by atoms with Crippen LogP contribution in [0.2, 0.25) is 5.02 Å². The molecule has 1 saturated heterocycles. The van der Waals surface area contributed by atoms with Gasteiger partial charge in [0, 0.05) is 30.4 Å². The largest absolute Gasteiger partial charge is 0.375 e. The number of rotatable bonds is 6. The first-order chi connectivity index (χ1) is 13.7. The van der Waals surface area contributed by atoms with Gasteiger partial charge in [-0.05, 0) is 40.6 Å². The van der Waals surface area contributed by atoms with Crippen molar-refractivity contribution in [1.29, 1.82) is 0 Å². The first kappa shape index (κ1) is 19.4. The van der Waals surface area contributed by atoms with E-state index >= 15 is 0 Å². The van der Waals surface area contributed by atoms with Crippen LogP contribution in [0.3, 0.4) is 0 Å². The molecular weight excluding hydrogens is 394 g/mol. The topological polar surface area (TPSA) is 56.1 Å². The van der Waals surface area contributed by atoms with Crippen molar-refractivity contribution in [1.82, 2.24) is 25.1 Å². The number of morpholine rings is 1. The average molecular weight is 416 g/mol. The molecule has 2 aromatic carbocycles. The van der Waals surface area contributed by atoms with E-state index in [-0.39, 0.29) is 6.10 Å². The van der Waals surface area contributed by atoms with E-state index in [1.807, 2.05) is 36.4 Å². The van der Waals surface area contributed by atoms with E-state index in [0.29, 0.717) is 0 Å². The number of aromatic nitrogens is 4. The monoisotopic (exact) mass is 415 g/mol. The number of nitrogens with zero attached hydrogens (tertiary/aromatic N) is 5. The summed E-state index contributed by atoms with van der Waals surface area (Å²) in [6, 6.07) is 16.1. The third-order valence-electron chi connectivity index (χ3n) is 4.76. The number of para-hydroxylation sites is 1. The lowest BCUT2D eigenvalue weighted by molar-refractivity contribution is -0.0187. The normalized spacial score (nSPS) is 17.7. The molecule has 28 heavy (non-hydrogen) atoms. The molecule has 3 aromatic rings. The molecule has 0 radical (unpaired) electrons. The Bertz CT molecular complexity index is 934. The van der Waals surface area contributed by atoms with Crippen molar-refractivity contribution < 1.29 is 4.74 Å². The van der Waals surface area contributed by atoms with Crippen LogP contribution in [-0.4, -0.2) is 56.7 Å². The molecular formula is C20H22ClN5OS. The van der Waals surface area contributed by atoms with Gasteiger partial charge in [-0.2, -0.15) is 4.68 Å². The van der Waals surface area contributed by atoms with E-state index in [4.69, 9.17) is 16.3 Å². The molecule has 0 aliphatic carbocycles. The molecule has 6 nitrogen and oxygen atoms in total. The Kier molecular flexibility index (Phi) is 6.26. The molecule has 2 heterocycles. The summed E-state index contributed by atoms with van der Waals surface area (Å²) in [5.74, 6) is 0.797. The molecule has 8 heteroatoms. The van der Waals surface area contributed by atoms with Gasteiger partial charge in [0.15, 0.2) is 0 Å². The fourth-order valence-corrected chi connectivity index (χ4v) is 4.36. The fraction of sp³-hybridized carbons (Fsp3) is 0.350. The van der Waals surface area contributed by atoms with E-state index < -0.39 is 0 Å². The minimum Gasteiger partial charge on any atom is -0.375 e. The molecule has 0 bridgehead atoms. The van der Waals surface area contributed by atoms with Gasteiger partial charge in [-0.3, -0.25) is 4.90 Å². The summed E-state index contributed by atoms with van der Waals surface area (Å²) in [7, 11) is 0. The molecule has 1 aromatic heterocycles. The Labute approximate surface area is 173 Å². The zero-order valence-electron chi connectivity index (χ0n) is 15.7. The van der Waals surface area contributed by atoms with Gasteiger partial charge >= 0.3 is 0 Å². The lowest BCUT2D eigenvalue weighted by atomic mass is 10.2. The van der Waals surface area contributed by atoms with E-state index in [2.05, 4.69) is 39.5 Å². The van der Waals surface area contributed by atoms with Crippen LogP contribution in [0.5, 0.6) is 0 Å². The Hall–Kier alpha value is -1.93. The highest BCUT2D eigenvalue weighted by Gasteiger charge is 2.22. The van der Waals surface area contributed by atoms with E-state index in [1.165, 1.54) is 0 Å². The van der Waals surface area contributed by atoms with Crippen LogP contribution in [0, 0.1) is 6.92 Å². The summed E-state index contributed by atoms with van der Waals surface area (Å²) < 4.78 is 7.77. The highest BCUT2D eigenvalue weighted by atomic mass is 35.5. The first-order valence-electron chi connectivity index (χ1n) is 9.25. The van der Waals surface area contributed by atoms with Gasteiger partial charge in [0.05, 0.1) is 18.4 Å². The number of ether oxygens (including phenoxy) is 1. The predicted octanol–water partition coefficient (Wildman–Crippen LogP) is 3.62. The van der Waals surface area contributed by atoms with Gasteiger partial charge < -0.3 is 4.74 Å². The predicted molar refractivity (Wildman–Crippen MR) is 111 cm³/mol. The molecule has 1 aliphatic rings. The number of thioether (sulfide) groups is 1. The molecule has 1 fully saturated rings. The number of hydrogen-bond donors (Lipinski definition) is 0. The standard InChI is InChI=1S/C20H22ClN5OS/c1-15-6-2-5-9-19(15)26-20(22-23-24-26)28-14-17-13-25(10-11-27-17)12-16-7-3-4-8-18(16)21/h2-9,17H,10-14H2,1H3/t17-/m1/s1. The number of aryl methyl sites for hydroxylation is 1. The maximum absolute atomic E-state index is 6.31. The van der Waals surface area contributed by atoms with Crippen molar-refractivity contribution in [3.8, 4) is 5.69 Å². The zero-order chi connectivity index (χ0) is 19.3. The second-order valence-corrected chi connectivity index (χ2v) is 8.18. The van der Waals surface area contributed by atoms with E-state index in [9.17, 15) is 0 Å². The zero-order valence-corrected chi connectivity index (χ0v) is 17.2. The third kappa shape index (κ3) is 4.55. The molecule has 146 valence electrons. The minimum atomic E-state index is 0.128. The molecule has 1 atom stereocenters. The van der Waals surface area contributed by atoms with Crippen LogP contribution in [0.25, 0.3) is 5.69 Å². The second-order valence-electron chi connectivity index (χ2n) is 6.79. The molecule has 0 unspecified atom stereocenters. The molecule has 4 rings (SSSR count). The smallest absolute Gasteiger partial charge is 0.214 e. The van der Waals surface area contributed by atoms with Crippen LogP contribution in [0.4, 0.5) is 0 Å². The van der Waals surface area contributed by atoms with Crippen LogP contribution in [0.15, 0.2) is 53.7 Å². The number of halogens is 1. The molecule has 0 N–H and O–H groups in total. The second kappa shape index (κ2) is 9.05. The van der Waals surface area contributed by atoms with Crippen LogP contribution in [-0.2, 0) is 11.3 Å². The van der Waals surface area contributed by atoms with Crippen molar-refractivity contribution in [2.45, 2.75) is 24.7 Å². The van der Waals surface area contributed by atoms with Crippen LogP contribution < -0.4 is 0 Å². The van der Waals surface area contributed by atoms with Gasteiger partial charge in [0.25, 0.3) is 0 Å². The highest BCUT2D eigenvalue weighted by Crippen LogP contribution is 2.24. The summed E-state index contributed by atoms with van der Waals surface area (Å²) in [4.78, 5) is 2.39. The Morgan fingerprint density at radius 1 is 1.18 bits per heavy atom. The molecule has 0 saturated carbocycles. The quantitative estimate of drug-likeness (QED) is 0.573. The van der Waals surface area contributed by atoms with Crippen molar-refractivity contribution in [2.75, 3.05) is 25.4 Å². The lowest BCUT2D eigenvalue weighted by Gasteiger charge is -2.32. The summed E-state index contributed by atoms with van der Waals surface area (Å²) in [5, 5.41) is 13.8. The van der Waals surface area contributed by atoms with Gasteiger partial charge in [0.2, 0.25) is 5.16 Å². The summed E-state index contributed by atoms with van der Waals surface area (Å²) in [5.41, 5.74) is 3.29. The number of tetrazole rings is 1. The number of benzene rings is 2. The molecule has 1 aliphatic heterocycles. The Morgan fingerprint density at radius 2 is 2.00 bits per heavy atom. The fourth-order valence-electron chi connectivity index (χ4n) is 3.28. The van der Waals surface area contributed by atoms with E-state index in [0.717, 1.165) is 59.0 Å². The number of hydrogen-bond acceptors (Lipinski definition) is 6. The lowest BCUT2D eigenvalue weighted by Crippen LogP contribution is -2.43. The van der Waals surface area contributed by atoms with Crippen molar-refractivity contribution in [2.24, 2.45) is 0 Å². The SMILES string of the molecule is Cc1ccccc1-n1nnnc1SC[C@H]1CN(Cc2ccccc2Cl)CCO1. The minimum absolute atomic E-state index is 0.128. The van der Waals surface area contributed by atoms with Gasteiger partial charge in [-0.25, -0.2) is 0 Å². The molecule has 0 amide bonds. The third-order valence-corrected chi connectivity index (χ3v) is 6.18. The summed E-state index contributed by atoms with van der Waals surface area (Å²) >= 11 is 7.93. The van der Waals surface area contributed by atoms with Gasteiger partial charge in [-0.15, -0.1) is 5.10 Å². The van der Waals surface area contributed by atoms with Crippen LogP contribution >= 0.6 is 23.4 Å². The van der Waals surface area contributed by atoms with Crippen molar-refractivity contribution >= 4 is 23.4 Å². The average Bonchev–Trinajstić information content (AvgIpc) is 3.17. The van der Waals surface area contributed by atoms with Crippen LogP contribution in [0.1, 0.15) is 11.1 Å². The highest BCUT2D eigenvalue weighted by molar-refractivity contribution is 7.99. The maximum atomic E-state index is 6.31. The first-order valence-corrected chi connectivity index (χ1v) is 10.6. The van der Waals surface area contributed by atoms with Crippen molar-refractivity contribution in [3.63, 3.8) is 0 Å². The summed E-state index contributed by atoms with van der Waals surface area (Å²) in [6.07, 6.45) is 0.128. The maximum Gasteiger partial charge on any atom is 0.214 e. The van der Waals surface area contributed by atoms with E-state index in [1.54, 1.807) is 16.4 Å². The van der Waals surface area contributed by atoms with Gasteiger partial charge in [0.1, 0.15) is 0 Å². The Balaban J connectivity index is 1.38. The Morgan fingerprint density at radius 3 is 2.86 bits per heavy atom. The van der Waals surface area contributed by atoms with Crippen molar-refractivity contribution in [3.05, 3.63) is 64.7 Å². The summed E-state index contributed by atoms with van der Waals surface area (Å²) in [6.45, 7) is 5.39. The van der Waals surface area contributed by atoms with Gasteiger partial charge in [-0.1, -0.05) is 59.8 Å².